The number of rotatable bonds is 4. The van der Waals surface area contributed by atoms with Gasteiger partial charge < -0.3 is 16.4 Å². The van der Waals surface area contributed by atoms with Gasteiger partial charge in [-0.15, -0.1) is 0 Å². The van der Waals surface area contributed by atoms with E-state index in [2.05, 4.69) is 10.6 Å². The van der Waals surface area contributed by atoms with Crippen molar-refractivity contribution < 1.29 is 9.59 Å². The van der Waals surface area contributed by atoms with E-state index in [-0.39, 0.29) is 24.4 Å². The van der Waals surface area contributed by atoms with Crippen LogP contribution in [0, 0.1) is 6.92 Å². The van der Waals surface area contributed by atoms with E-state index in [4.69, 9.17) is 5.73 Å². The first-order valence-electron chi connectivity index (χ1n) is 7.19. The highest BCUT2D eigenvalue weighted by Gasteiger charge is 2.29. The van der Waals surface area contributed by atoms with Gasteiger partial charge in [-0.1, -0.05) is 13.0 Å². The molecule has 0 radical (unpaired) electrons. The van der Waals surface area contributed by atoms with E-state index < -0.39 is 0 Å². The maximum absolute atomic E-state index is 12.2. The van der Waals surface area contributed by atoms with Gasteiger partial charge in [-0.05, 0) is 31.0 Å². The smallest absolute Gasteiger partial charge is 0.238 e. The van der Waals surface area contributed by atoms with Crippen molar-refractivity contribution in [2.45, 2.75) is 26.3 Å². The van der Waals surface area contributed by atoms with Crippen molar-refractivity contribution in [1.29, 1.82) is 0 Å². The van der Waals surface area contributed by atoms with Crippen molar-refractivity contribution in [3.05, 3.63) is 23.8 Å². The van der Waals surface area contributed by atoms with Crippen LogP contribution in [0.3, 0.4) is 0 Å². The second kappa shape index (κ2) is 6.58. The number of aryl methyl sites for hydroxylation is 1. The van der Waals surface area contributed by atoms with Gasteiger partial charge in [0.2, 0.25) is 11.8 Å². The fourth-order valence-electron chi connectivity index (χ4n) is 2.54. The summed E-state index contributed by atoms with van der Waals surface area (Å²) in [4.78, 5) is 25.9. The summed E-state index contributed by atoms with van der Waals surface area (Å²) in [5.41, 5.74) is 8.02. The summed E-state index contributed by atoms with van der Waals surface area (Å²) >= 11 is 0. The lowest BCUT2D eigenvalue weighted by atomic mass is 10.1. The van der Waals surface area contributed by atoms with E-state index in [0.29, 0.717) is 25.2 Å². The molecule has 1 heterocycles. The third-order valence-corrected chi connectivity index (χ3v) is 3.71. The van der Waals surface area contributed by atoms with Gasteiger partial charge in [0, 0.05) is 24.5 Å². The predicted molar refractivity (Wildman–Crippen MR) is 82.9 cm³/mol. The van der Waals surface area contributed by atoms with E-state index in [1.807, 2.05) is 24.8 Å². The largest absolute Gasteiger partial charge is 0.399 e. The Labute approximate surface area is 124 Å². The maximum atomic E-state index is 12.2. The van der Waals surface area contributed by atoms with Crippen LogP contribution in [0.1, 0.15) is 18.9 Å². The fraction of sp³-hybridized carbons (Fsp3) is 0.467. The number of carbonyl (C=O) groups is 2. The molecule has 114 valence electrons. The second-order valence-electron chi connectivity index (χ2n) is 5.31. The Morgan fingerprint density at radius 1 is 1.52 bits per heavy atom. The van der Waals surface area contributed by atoms with Gasteiger partial charge in [0.05, 0.1) is 12.6 Å². The molecular formula is C15H22N4O2. The molecule has 2 amide bonds. The third-order valence-electron chi connectivity index (χ3n) is 3.71. The SMILES string of the molecule is CCC1C(=O)NCCN1CC(=O)Nc1cc(N)ccc1C. The van der Waals surface area contributed by atoms with Gasteiger partial charge in [-0.25, -0.2) is 0 Å². The van der Waals surface area contributed by atoms with Gasteiger partial charge >= 0.3 is 0 Å². The molecule has 1 fully saturated rings. The Morgan fingerprint density at radius 3 is 3.00 bits per heavy atom. The van der Waals surface area contributed by atoms with Crippen LogP contribution >= 0.6 is 0 Å². The molecule has 1 unspecified atom stereocenters. The van der Waals surface area contributed by atoms with Gasteiger partial charge in [0.15, 0.2) is 0 Å². The molecule has 4 N–H and O–H groups in total. The standard InChI is InChI=1S/C15H22N4O2/c1-3-13-15(21)17-6-7-19(13)9-14(20)18-12-8-11(16)5-4-10(12)2/h4-5,8,13H,3,6-7,9,16H2,1-2H3,(H,17,21)(H,18,20). The fourth-order valence-corrected chi connectivity index (χ4v) is 2.54. The molecule has 6 nitrogen and oxygen atoms in total. The van der Waals surface area contributed by atoms with Crippen molar-refractivity contribution in [1.82, 2.24) is 10.2 Å². The van der Waals surface area contributed by atoms with E-state index in [1.54, 1.807) is 12.1 Å². The summed E-state index contributed by atoms with van der Waals surface area (Å²) in [7, 11) is 0. The number of piperazine rings is 1. The van der Waals surface area contributed by atoms with E-state index in [0.717, 1.165) is 11.3 Å². The molecule has 0 aromatic heterocycles. The minimum absolute atomic E-state index is 0.00307. The normalized spacial score (nSPS) is 19.1. The number of hydrogen-bond donors (Lipinski definition) is 3. The molecule has 1 aromatic rings. The number of amides is 2. The summed E-state index contributed by atoms with van der Waals surface area (Å²) in [6.45, 7) is 5.34. The van der Waals surface area contributed by atoms with E-state index in [9.17, 15) is 9.59 Å². The average molecular weight is 290 g/mol. The summed E-state index contributed by atoms with van der Waals surface area (Å²) in [6, 6.07) is 5.18. The molecule has 21 heavy (non-hydrogen) atoms. The highest BCUT2D eigenvalue weighted by Crippen LogP contribution is 2.18. The van der Waals surface area contributed by atoms with Crippen LogP contribution in [-0.4, -0.2) is 42.4 Å². The Kier molecular flexibility index (Phi) is 4.80. The van der Waals surface area contributed by atoms with Gasteiger partial charge in [-0.2, -0.15) is 0 Å². The van der Waals surface area contributed by atoms with Crippen molar-refractivity contribution in [3.63, 3.8) is 0 Å². The number of nitrogen functional groups attached to an aromatic ring is 1. The first-order valence-corrected chi connectivity index (χ1v) is 7.19. The summed E-state index contributed by atoms with van der Waals surface area (Å²) in [6.07, 6.45) is 0.691. The van der Waals surface area contributed by atoms with Crippen LogP contribution in [0.4, 0.5) is 11.4 Å². The molecule has 1 aromatic carbocycles. The second-order valence-corrected chi connectivity index (χ2v) is 5.31. The number of nitrogens with two attached hydrogens (primary N) is 1. The highest BCUT2D eigenvalue weighted by atomic mass is 16.2. The Bertz CT molecular complexity index is 544. The van der Waals surface area contributed by atoms with Gasteiger partial charge in [0.1, 0.15) is 0 Å². The number of carbonyl (C=O) groups excluding carboxylic acids is 2. The molecule has 0 bridgehead atoms. The lowest BCUT2D eigenvalue weighted by Gasteiger charge is -2.33. The van der Waals surface area contributed by atoms with Crippen LogP contribution < -0.4 is 16.4 Å². The topological polar surface area (TPSA) is 87.5 Å². The van der Waals surface area contributed by atoms with Crippen molar-refractivity contribution in [2.75, 3.05) is 30.7 Å². The number of nitrogens with one attached hydrogen (secondary N) is 2. The number of benzene rings is 1. The Balaban J connectivity index is 2.00. The lowest BCUT2D eigenvalue weighted by molar-refractivity contribution is -0.130. The number of hydrogen-bond acceptors (Lipinski definition) is 4. The van der Waals surface area contributed by atoms with Crippen LogP contribution in [0.2, 0.25) is 0 Å². The van der Waals surface area contributed by atoms with Crippen LogP contribution in [0.25, 0.3) is 0 Å². The molecular weight excluding hydrogens is 268 g/mol. The summed E-state index contributed by atoms with van der Waals surface area (Å²) < 4.78 is 0. The van der Waals surface area contributed by atoms with Gasteiger partial charge in [-0.3, -0.25) is 14.5 Å². The van der Waals surface area contributed by atoms with Crippen molar-refractivity contribution in [3.8, 4) is 0 Å². The zero-order valence-electron chi connectivity index (χ0n) is 12.5. The number of nitrogens with zero attached hydrogens (tertiary/aromatic N) is 1. The molecule has 1 aliphatic rings. The minimum atomic E-state index is -0.230. The predicted octanol–water partition coefficient (Wildman–Crippen LogP) is 0.726. The van der Waals surface area contributed by atoms with Crippen LogP contribution in [0.15, 0.2) is 18.2 Å². The van der Waals surface area contributed by atoms with E-state index >= 15 is 0 Å². The summed E-state index contributed by atoms with van der Waals surface area (Å²) in [5, 5.41) is 5.69. The van der Waals surface area contributed by atoms with Gasteiger partial charge in [0.25, 0.3) is 0 Å². The molecule has 1 aliphatic heterocycles. The monoisotopic (exact) mass is 290 g/mol. The molecule has 0 spiro atoms. The first kappa shape index (κ1) is 15.3. The third kappa shape index (κ3) is 3.72. The van der Waals surface area contributed by atoms with Crippen LogP contribution in [-0.2, 0) is 9.59 Å². The molecule has 6 heteroatoms. The lowest BCUT2D eigenvalue weighted by Crippen LogP contribution is -2.56. The molecule has 0 saturated carbocycles. The Hall–Kier alpha value is -2.08. The zero-order chi connectivity index (χ0) is 15.4. The first-order chi connectivity index (χ1) is 10.0. The molecule has 0 aliphatic carbocycles. The maximum Gasteiger partial charge on any atom is 0.238 e. The Morgan fingerprint density at radius 2 is 2.29 bits per heavy atom. The molecule has 1 atom stereocenters. The van der Waals surface area contributed by atoms with Crippen LogP contribution in [0.5, 0.6) is 0 Å². The zero-order valence-corrected chi connectivity index (χ0v) is 12.5. The average Bonchev–Trinajstić information content (AvgIpc) is 2.43. The number of anilines is 2. The summed E-state index contributed by atoms with van der Waals surface area (Å²) in [5.74, 6) is -0.131. The highest BCUT2D eigenvalue weighted by molar-refractivity contribution is 5.94. The van der Waals surface area contributed by atoms with Crippen molar-refractivity contribution >= 4 is 23.2 Å². The van der Waals surface area contributed by atoms with E-state index in [1.165, 1.54) is 0 Å². The minimum Gasteiger partial charge on any atom is -0.399 e. The molecule has 2 rings (SSSR count). The quantitative estimate of drug-likeness (QED) is 0.713. The van der Waals surface area contributed by atoms with Crippen molar-refractivity contribution in [2.24, 2.45) is 0 Å². The molecule has 1 saturated heterocycles.